The van der Waals surface area contributed by atoms with Gasteiger partial charge in [-0.3, -0.25) is 9.36 Å². The van der Waals surface area contributed by atoms with Crippen molar-refractivity contribution in [3.8, 4) is 11.7 Å². The summed E-state index contributed by atoms with van der Waals surface area (Å²) in [6.45, 7) is 0. The molecule has 0 N–H and O–H groups in total. The van der Waals surface area contributed by atoms with E-state index >= 15 is 0 Å². The number of rotatable bonds is 4. The molecule has 0 unspecified atom stereocenters. The van der Waals surface area contributed by atoms with E-state index in [1.54, 1.807) is 54.4 Å². The highest BCUT2D eigenvalue weighted by molar-refractivity contribution is 6.11. The lowest BCUT2D eigenvalue weighted by Crippen LogP contribution is -2.11. The number of carbonyl (C=O) groups excluding carboxylic acids is 1. The van der Waals surface area contributed by atoms with Crippen molar-refractivity contribution in [2.24, 2.45) is 0 Å². The summed E-state index contributed by atoms with van der Waals surface area (Å²) in [6, 6.07) is 18.5. The van der Waals surface area contributed by atoms with Crippen LogP contribution in [0.3, 0.4) is 0 Å². The zero-order valence-corrected chi connectivity index (χ0v) is 13.6. The molecule has 0 saturated carbocycles. The Labute approximate surface area is 144 Å². The van der Waals surface area contributed by atoms with Crippen LogP contribution in [-0.4, -0.2) is 27.4 Å². The van der Waals surface area contributed by atoms with Crippen LogP contribution in [0.2, 0.25) is 0 Å². The normalized spacial score (nSPS) is 10.8. The molecule has 0 radical (unpaired) electrons. The van der Waals surface area contributed by atoms with Crippen LogP contribution in [0, 0.1) is 0 Å². The average Bonchev–Trinajstić information content (AvgIpc) is 3.07. The van der Waals surface area contributed by atoms with Crippen molar-refractivity contribution in [2.45, 2.75) is 0 Å². The number of nitrogens with zero attached hydrogens (tertiary/aromatic N) is 3. The van der Waals surface area contributed by atoms with E-state index in [9.17, 15) is 4.79 Å². The van der Waals surface area contributed by atoms with Gasteiger partial charge in [-0.2, -0.15) is 0 Å². The number of ether oxygens (including phenoxy) is 1. The largest absolute Gasteiger partial charge is 0.497 e. The monoisotopic (exact) mass is 329 g/mol. The van der Waals surface area contributed by atoms with Gasteiger partial charge in [-0.1, -0.05) is 18.2 Å². The lowest BCUT2D eigenvalue weighted by Gasteiger charge is -2.08. The highest BCUT2D eigenvalue weighted by Gasteiger charge is 2.19. The van der Waals surface area contributed by atoms with Crippen molar-refractivity contribution < 1.29 is 9.53 Å². The van der Waals surface area contributed by atoms with Crippen molar-refractivity contribution in [1.29, 1.82) is 0 Å². The van der Waals surface area contributed by atoms with Gasteiger partial charge in [-0.25, -0.2) is 9.97 Å². The van der Waals surface area contributed by atoms with Crippen molar-refractivity contribution in [3.63, 3.8) is 0 Å². The van der Waals surface area contributed by atoms with Gasteiger partial charge < -0.3 is 4.74 Å². The lowest BCUT2D eigenvalue weighted by atomic mass is 10.1. The highest BCUT2D eigenvalue weighted by Crippen LogP contribution is 2.25. The van der Waals surface area contributed by atoms with Gasteiger partial charge in [0.05, 0.1) is 18.3 Å². The first-order chi connectivity index (χ1) is 12.3. The van der Waals surface area contributed by atoms with Gasteiger partial charge in [0.15, 0.2) is 0 Å². The molecular weight excluding hydrogens is 314 g/mol. The van der Waals surface area contributed by atoms with E-state index in [1.807, 2.05) is 30.3 Å². The second-order valence-electron chi connectivity index (χ2n) is 5.53. The molecule has 0 aliphatic heterocycles. The topological polar surface area (TPSA) is 57.0 Å². The number of methoxy groups -OCH3 is 1. The number of hydrogen-bond acceptors (Lipinski definition) is 4. The first-order valence-electron chi connectivity index (χ1n) is 7.84. The number of ketones is 1. The Morgan fingerprint density at radius 3 is 2.40 bits per heavy atom. The number of carbonyl (C=O) groups is 1. The van der Waals surface area contributed by atoms with E-state index in [0.717, 1.165) is 10.9 Å². The Morgan fingerprint density at radius 1 is 0.960 bits per heavy atom. The smallest absolute Gasteiger partial charge is 0.234 e. The molecule has 2 heterocycles. The minimum Gasteiger partial charge on any atom is -0.497 e. The summed E-state index contributed by atoms with van der Waals surface area (Å²) in [4.78, 5) is 21.7. The quantitative estimate of drug-likeness (QED) is 0.536. The van der Waals surface area contributed by atoms with Gasteiger partial charge in [0.1, 0.15) is 5.75 Å². The lowest BCUT2D eigenvalue weighted by molar-refractivity contribution is 0.103. The third kappa shape index (κ3) is 2.65. The Morgan fingerprint density at radius 2 is 1.68 bits per heavy atom. The van der Waals surface area contributed by atoms with Gasteiger partial charge in [0, 0.05) is 23.3 Å². The predicted octanol–water partition coefficient (Wildman–Crippen LogP) is 3.66. The fourth-order valence-corrected chi connectivity index (χ4v) is 2.83. The maximum absolute atomic E-state index is 13.1. The summed E-state index contributed by atoms with van der Waals surface area (Å²) in [7, 11) is 1.60. The molecule has 4 aromatic rings. The van der Waals surface area contributed by atoms with Crippen LogP contribution in [0.25, 0.3) is 16.9 Å². The molecule has 0 amide bonds. The maximum Gasteiger partial charge on any atom is 0.234 e. The van der Waals surface area contributed by atoms with E-state index in [2.05, 4.69) is 9.97 Å². The molecular formula is C20H15N3O2. The second-order valence-corrected chi connectivity index (χ2v) is 5.53. The number of benzene rings is 2. The zero-order valence-electron chi connectivity index (χ0n) is 13.6. The Bertz CT molecular complexity index is 1040. The van der Waals surface area contributed by atoms with E-state index in [4.69, 9.17) is 4.74 Å². The molecule has 25 heavy (non-hydrogen) atoms. The molecule has 122 valence electrons. The Balaban J connectivity index is 1.90. The van der Waals surface area contributed by atoms with E-state index in [-0.39, 0.29) is 5.78 Å². The molecule has 5 nitrogen and oxygen atoms in total. The number of aromatic nitrogens is 3. The van der Waals surface area contributed by atoms with Gasteiger partial charge in [0.25, 0.3) is 0 Å². The molecule has 0 atom stereocenters. The van der Waals surface area contributed by atoms with Crippen molar-refractivity contribution in [1.82, 2.24) is 14.5 Å². The molecule has 4 rings (SSSR count). The van der Waals surface area contributed by atoms with E-state index in [1.165, 1.54) is 0 Å². The number of para-hydroxylation sites is 1. The van der Waals surface area contributed by atoms with E-state index < -0.39 is 0 Å². The molecule has 5 heteroatoms. The van der Waals surface area contributed by atoms with Crippen LogP contribution in [0.15, 0.2) is 73.1 Å². The van der Waals surface area contributed by atoms with Gasteiger partial charge in [-0.05, 0) is 42.5 Å². The summed E-state index contributed by atoms with van der Waals surface area (Å²) in [5.74, 6) is 1.09. The van der Waals surface area contributed by atoms with Gasteiger partial charge >= 0.3 is 0 Å². The van der Waals surface area contributed by atoms with Crippen LogP contribution in [0.5, 0.6) is 5.75 Å². The van der Waals surface area contributed by atoms with Crippen LogP contribution < -0.4 is 4.74 Å². The summed E-state index contributed by atoms with van der Waals surface area (Å²) >= 11 is 0. The molecule has 0 saturated heterocycles. The van der Waals surface area contributed by atoms with E-state index in [0.29, 0.717) is 23.0 Å². The van der Waals surface area contributed by atoms with Crippen LogP contribution in [0.1, 0.15) is 16.1 Å². The van der Waals surface area contributed by atoms with Crippen molar-refractivity contribution >= 4 is 16.7 Å². The minimum atomic E-state index is -0.0914. The first-order valence-corrected chi connectivity index (χ1v) is 7.84. The minimum absolute atomic E-state index is 0.0914. The van der Waals surface area contributed by atoms with Gasteiger partial charge in [0.2, 0.25) is 11.7 Å². The first kappa shape index (κ1) is 15.1. The molecule has 2 aromatic heterocycles. The van der Waals surface area contributed by atoms with Crippen LogP contribution >= 0.6 is 0 Å². The molecule has 0 aliphatic carbocycles. The second kappa shape index (κ2) is 6.20. The molecule has 0 bridgehead atoms. The summed E-state index contributed by atoms with van der Waals surface area (Å²) in [5, 5.41) is 0.965. The fourth-order valence-electron chi connectivity index (χ4n) is 2.83. The highest BCUT2D eigenvalue weighted by atomic mass is 16.5. The zero-order chi connectivity index (χ0) is 17.2. The molecule has 0 spiro atoms. The molecule has 0 fully saturated rings. The maximum atomic E-state index is 13.1. The molecule has 0 aliphatic rings. The van der Waals surface area contributed by atoms with Crippen LogP contribution in [-0.2, 0) is 0 Å². The number of hydrogen-bond donors (Lipinski definition) is 0. The Kier molecular flexibility index (Phi) is 3.74. The standard InChI is InChI=1S/C20H15N3O2/c1-25-16-9-7-14(8-10-16)19(24)18-13-15-5-2-3-6-17(15)23(18)20-21-11-4-12-22-20/h2-13H,1H3. The average molecular weight is 329 g/mol. The third-order valence-corrected chi connectivity index (χ3v) is 4.05. The summed E-state index contributed by atoms with van der Waals surface area (Å²) in [5.41, 5.74) is 2.00. The summed E-state index contributed by atoms with van der Waals surface area (Å²) in [6.07, 6.45) is 3.33. The van der Waals surface area contributed by atoms with Crippen LogP contribution in [0.4, 0.5) is 0 Å². The molecule has 2 aromatic carbocycles. The Hall–Kier alpha value is -3.47. The SMILES string of the molecule is COc1ccc(C(=O)c2cc3ccccc3n2-c2ncccn2)cc1. The number of fused-ring (bicyclic) bond motifs is 1. The fraction of sp³-hybridized carbons (Fsp3) is 0.0500. The van der Waals surface area contributed by atoms with Gasteiger partial charge in [-0.15, -0.1) is 0 Å². The predicted molar refractivity (Wildman–Crippen MR) is 95.3 cm³/mol. The summed E-state index contributed by atoms with van der Waals surface area (Å²) < 4.78 is 6.95. The van der Waals surface area contributed by atoms with Crippen molar-refractivity contribution in [3.05, 3.63) is 84.3 Å². The van der Waals surface area contributed by atoms with Crippen molar-refractivity contribution in [2.75, 3.05) is 7.11 Å². The third-order valence-electron chi connectivity index (χ3n) is 4.05.